The van der Waals surface area contributed by atoms with Gasteiger partial charge < -0.3 is 4.98 Å². The molecule has 0 radical (unpaired) electrons. The zero-order valence-corrected chi connectivity index (χ0v) is 11.9. The summed E-state index contributed by atoms with van der Waals surface area (Å²) in [5, 5.41) is 5.57. The van der Waals surface area contributed by atoms with E-state index >= 15 is 0 Å². The number of fused-ring (bicyclic) bond motifs is 1. The van der Waals surface area contributed by atoms with Crippen molar-refractivity contribution in [2.24, 2.45) is 0 Å². The molecular formula is C17H13FN4. The van der Waals surface area contributed by atoms with Gasteiger partial charge in [0.2, 0.25) is 0 Å². The van der Waals surface area contributed by atoms with Crippen LogP contribution in [0.25, 0.3) is 27.8 Å². The first-order valence-electron chi connectivity index (χ1n) is 6.97. The molecule has 0 saturated carbocycles. The molecule has 0 spiro atoms. The summed E-state index contributed by atoms with van der Waals surface area (Å²) in [7, 11) is 0. The Kier molecular flexibility index (Phi) is 2.79. The molecule has 0 unspecified atom stereocenters. The lowest BCUT2D eigenvalue weighted by molar-refractivity contribution is 0.628. The number of halogens is 1. The lowest BCUT2D eigenvalue weighted by Crippen LogP contribution is -1.96. The minimum absolute atomic E-state index is 0.249. The van der Waals surface area contributed by atoms with E-state index in [-0.39, 0.29) is 5.82 Å². The third kappa shape index (κ3) is 1.98. The van der Waals surface area contributed by atoms with Gasteiger partial charge in [0.25, 0.3) is 0 Å². The zero-order valence-electron chi connectivity index (χ0n) is 11.9. The van der Waals surface area contributed by atoms with Crippen LogP contribution in [-0.4, -0.2) is 19.7 Å². The lowest BCUT2D eigenvalue weighted by Gasteiger charge is -2.02. The number of aryl methyl sites for hydroxylation is 1. The van der Waals surface area contributed by atoms with Crippen molar-refractivity contribution in [1.29, 1.82) is 0 Å². The average Bonchev–Trinajstić information content (AvgIpc) is 3.13. The number of rotatable bonds is 2. The van der Waals surface area contributed by atoms with Crippen molar-refractivity contribution in [3.8, 4) is 16.8 Å². The van der Waals surface area contributed by atoms with Crippen molar-refractivity contribution < 1.29 is 4.39 Å². The van der Waals surface area contributed by atoms with Crippen LogP contribution in [0.2, 0.25) is 0 Å². The van der Waals surface area contributed by atoms with E-state index in [9.17, 15) is 4.39 Å². The molecule has 0 atom stereocenters. The van der Waals surface area contributed by atoms with Crippen LogP contribution < -0.4 is 0 Å². The number of aromatic nitrogens is 4. The molecule has 1 aromatic carbocycles. The summed E-state index contributed by atoms with van der Waals surface area (Å²) >= 11 is 0. The third-order valence-corrected chi connectivity index (χ3v) is 3.72. The summed E-state index contributed by atoms with van der Waals surface area (Å²) in [6.45, 7) is 1.92. The molecule has 0 aliphatic carbocycles. The number of benzene rings is 1. The molecule has 22 heavy (non-hydrogen) atoms. The summed E-state index contributed by atoms with van der Waals surface area (Å²) < 4.78 is 15.3. The standard InChI is InChI=1S/C17H13FN4/c1-11-15(12-3-2-4-13(18)9-12)10-22(21-11)16-6-8-20-17-14(16)5-7-19-17/h2-10H,1H3,(H,19,20). The summed E-state index contributed by atoms with van der Waals surface area (Å²) in [6, 6.07) is 10.4. The number of hydrogen-bond donors (Lipinski definition) is 1. The Morgan fingerprint density at radius 3 is 2.95 bits per heavy atom. The number of aromatic amines is 1. The molecule has 5 heteroatoms. The van der Waals surface area contributed by atoms with Gasteiger partial charge in [-0.1, -0.05) is 12.1 Å². The third-order valence-electron chi connectivity index (χ3n) is 3.72. The second-order valence-corrected chi connectivity index (χ2v) is 5.15. The van der Waals surface area contributed by atoms with Crippen molar-refractivity contribution in [2.75, 3.05) is 0 Å². The van der Waals surface area contributed by atoms with Gasteiger partial charge in [-0.2, -0.15) is 5.10 Å². The molecule has 4 rings (SSSR count). The first kappa shape index (κ1) is 12.8. The second-order valence-electron chi connectivity index (χ2n) is 5.15. The molecular weight excluding hydrogens is 279 g/mol. The Morgan fingerprint density at radius 2 is 2.09 bits per heavy atom. The molecule has 0 fully saturated rings. The summed E-state index contributed by atoms with van der Waals surface area (Å²) in [5.41, 5.74) is 4.35. The Bertz CT molecular complexity index is 968. The monoisotopic (exact) mass is 292 g/mol. The van der Waals surface area contributed by atoms with Crippen molar-refractivity contribution >= 4 is 11.0 Å². The lowest BCUT2D eigenvalue weighted by atomic mass is 10.1. The molecule has 0 aliphatic heterocycles. The largest absolute Gasteiger partial charge is 0.346 e. The Morgan fingerprint density at radius 1 is 1.18 bits per heavy atom. The summed E-state index contributed by atoms with van der Waals surface area (Å²) in [6.07, 6.45) is 5.52. The highest BCUT2D eigenvalue weighted by Gasteiger charge is 2.11. The number of nitrogens with one attached hydrogen (secondary N) is 1. The highest BCUT2D eigenvalue weighted by Crippen LogP contribution is 2.26. The molecule has 4 nitrogen and oxygen atoms in total. The molecule has 0 saturated heterocycles. The van der Waals surface area contributed by atoms with Crippen molar-refractivity contribution in [3.63, 3.8) is 0 Å². The van der Waals surface area contributed by atoms with Crippen molar-refractivity contribution in [2.45, 2.75) is 6.92 Å². The Labute approximate surface area is 126 Å². The van der Waals surface area contributed by atoms with Gasteiger partial charge in [-0.05, 0) is 36.8 Å². The smallest absolute Gasteiger partial charge is 0.139 e. The predicted molar refractivity (Wildman–Crippen MR) is 83.3 cm³/mol. The predicted octanol–water partition coefficient (Wildman–Crippen LogP) is 3.86. The molecule has 0 amide bonds. The molecule has 108 valence electrons. The SMILES string of the molecule is Cc1nn(-c2ccnc3[nH]ccc23)cc1-c1cccc(F)c1. The molecule has 1 N–H and O–H groups in total. The average molecular weight is 292 g/mol. The Balaban J connectivity index is 1.88. The minimum atomic E-state index is -0.249. The first-order valence-corrected chi connectivity index (χ1v) is 6.97. The zero-order chi connectivity index (χ0) is 15.1. The highest BCUT2D eigenvalue weighted by molar-refractivity contribution is 5.84. The maximum atomic E-state index is 13.4. The van der Waals surface area contributed by atoms with Crippen molar-refractivity contribution in [1.82, 2.24) is 19.7 Å². The van der Waals surface area contributed by atoms with Crippen LogP contribution in [0, 0.1) is 12.7 Å². The van der Waals surface area contributed by atoms with Crippen molar-refractivity contribution in [3.05, 3.63) is 66.5 Å². The Hall–Kier alpha value is -2.95. The van der Waals surface area contributed by atoms with E-state index in [0.29, 0.717) is 0 Å². The summed E-state index contributed by atoms with van der Waals surface area (Å²) in [4.78, 5) is 7.37. The van der Waals surface area contributed by atoms with E-state index in [0.717, 1.165) is 33.5 Å². The van der Waals surface area contributed by atoms with Gasteiger partial charge in [-0.3, -0.25) is 0 Å². The minimum Gasteiger partial charge on any atom is -0.346 e. The molecule has 0 bridgehead atoms. The van der Waals surface area contributed by atoms with Crippen LogP contribution in [-0.2, 0) is 0 Å². The molecule has 0 aliphatic rings. The number of hydrogen-bond acceptors (Lipinski definition) is 2. The van der Waals surface area contributed by atoms with Gasteiger partial charge in [0.05, 0.1) is 11.4 Å². The topological polar surface area (TPSA) is 46.5 Å². The van der Waals surface area contributed by atoms with Crippen LogP contribution >= 0.6 is 0 Å². The van der Waals surface area contributed by atoms with Crippen LogP contribution in [0.5, 0.6) is 0 Å². The normalized spacial score (nSPS) is 11.2. The fourth-order valence-electron chi connectivity index (χ4n) is 2.67. The van der Waals surface area contributed by atoms with Crippen LogP contribution in [0.4, 0.5) is 4.39 Å². The number of nitrogens with zero attached hydrogens (tertiary/aromatic N) is 3. The summed E-state index contributed by atoms with van der Waals surface area (Å²) in [5.74, 6) is -0.249. The fraction of sp³-hybridized carbons (Fsp3) is 0.0588. The van der Waals surface area contributed by atoms with E-state index in [2.05, 4.69) is 15.1 Å². The van der Waals surface area contributed by atoms with Crippen LogP contribution in [0.1, 0.15) is 5.69 Å². The van der Waals surface area contributed by atoms with Crippen LogP contribution in [0.3, 0.4) is 0 Å². The van der Waals surface area contributed by atoms with Gasteiger partial charge >= 0.3 is 0 Å². The van der Waals surface area contributed by atoms with E-state index in [1.807, 2.05) is 42.2 Å². The van der Waals surface area contributed by atoms with Gasteiger partial charge in [-0.15, -0.1) is 0 Å². The maximum absolute atomic E-state index is 13.4. The van der Waals surface area contributed by atoms with Gasteiger partial charge in [-0.25, -0.2) is 14.1 Å². The number of pyridine rings is 1. The quantitative estimate of drug-likeness (QED) is 0.609. The highest BCUT2D eigenvalue weighted by atomic mass is 19.1. The molecule has 3 heterocycles. The number of H-pyrrole nitrogens is 1. The molecule has 4 aromatic rings. The van der Waals surface area contributed by atoms with Gasteiger partial charge in [0.15, 0.2) is 0 Å². The van der Waals surface area contributed by atoms with Crippen LogP contribution in [0.15, 0.2) is 55.0 Å². The maximum Gasteiger partial charge on any atom is 0.139 e. The van der Waals surface area contributed by atoms with Gasteiger partial charge in [0, 0.05) is 29.5 Å². The molecule has 3 aromatic heterocycles. The van der Waals surface area contributed by atoms with E-state index in [1.54, 1.807) is 12.3 Å². The van der Waals surface area contributed by atoms with E-state index in [1.165, 1.54) is 12.1 Å². The van der Waals surface area contributed by atoms with Gasteiger partial charge in [0.1, 0.15) is 11.5 Å². The second kappa shape index (κ2) is 4.80. The van der Waals surface area contributed by atoms with E-state index in [4.69, 9.17) is 0 Å². The van der Waals surface area contributed by atoms with E-state index < -0.39 is 0 Å². The fourth-order valence-corrected chi connectivity index (χ4v) is 2.67. The first-order chi connectivity index (χ1) is 10.7.